The highest BCUT2D eigenvalue weighted by Gasteiger charge is 2.42. The third-order valence-electron chi connectivity index (χ3n) is 4.84. The number of ether oxygens (including phenoxy) is 1. The van der Waals surface area contributed by atoms with Crippen LogP contribution in [0.5, 0.6) is 0 Å². The van der Waals surface area contributed by atoms with Crippen LogP contribution in [0.4, 0.5) is 4.79 Å². The molecule has 2 fully saturated rings. The van der Waals surface area contributed by atoms with Crippen molar-refractivity contribution in [2.24, 2.45) is 5.92 Å². The number of nitrogens with one attached hydrogen (secondary N) is 2. The Labute approximate surface area is 146 Å². The van der Waals surface area contributed by atoms with Crippen molar-refractivity contribution in [3.63, 3.8) is 0 Å². The third kappa shape index (κ3) is 4.04. The van der Waals surface area contributed by atoms with Gasteiger partial charge in [-0.3, -0.25) is 4.79 Å². The van der Waals surface area contributed by atoms with Crippen LogP contribution >= 0.6 is 11.8 Å². The molecular weight excluding hydrogens is 324 g/mol. The first kappa shape index (κ1) is 17.1. The second kappa shape index (κ2) is 7.92. The van der Waals surface area contributed by atoms with Gasteiger partial charge in [-0.1, -0.05) is 36.8 Å². The Kier molecular flexibility index (Phi) is 5.66. The molecule has 2 heterocycles. The standard InChI is InChI=1S/C18H24N2O3S/c1-23-17(21)13(10-12-6-3-2-4-7-12)8-5-9-15-16-14(11-24-15)19-18(22)20-16/h2-4,6-7,13-16H,5,8-11H2,1H3,(H2,19,20,22)/t13?,14-,15-,16-/m0/s1. The predicted octanol–water partition coefficient (Wildman–Crippen LogP) is 2.35. The lowest BCUT2D eigenvalue weighted by molar-refractivity contribution is -0.145. The number of methoxy groups -OCH3 is 1. The molecule has 0 aromatic heterocycles. The van der Waals surface area contributed by atoms with Crippen LogP contribution in [0.15, 0.2) is 30.3 Å². The highest BCUT2D eigenvalue weighted by Crippen LogP contribution is 2.33. The average molecular weight is 348 g/mol. The summed E-state index contributed by atoms with van der Waals surface area (Å²) in [5, 5.41) is 6.41. The van der Waals surface area contributed by atoms with Crippen molar-refractivity contribution in [3.05, 3.63) is 35.9 Å². The molecule has 2 aliphatic heterocycles. The first-order chi connectivity index (χ1) is 11.7. The van der Waals surface area contributed by atoms with Crippen molar-refractivity contribution in [3.8, 4) is 0 Å². The molecular formula is C18H24N2O3S. The summed E-state index contributed by atoms with van der Waals surface area (Å²) in [6.45, 7) is 0. The average Bonchev–Trinajstić information content (AvgIpc) is 3.14. The number of fused-ring (bicyclic) bond motifs is 1. The van der Waals surface area contributed by atoms with Crippen LogP contribution < -0.4 is 10.6 Å². The van der Waals surface area contributed by atoms with E-state index in [1.54, 1.807) is 0 Å². The Morgan fingerprint density at radius 1 is 1.33 bits per heavy atom. The highest BCUT2D eigenvalue weighted by atomic mass is 32.2. The van der Waals surface area contributed by atoms with Gasteiger partial charge >= 0.3 is 12.0 Å². The topological polar surface area (TPSA) is 67.4 Å². The minimum atomic E-state index is -0.133. The quantitative estimate of drug-likeness (QED) is 0.586. The van der Waals surface area contributed by atoms with E-state index in [4.69, 9.17) is 4.74 Å². The number of benzene rings is 1. The molecule has 2 aliphatic rings. The fraction of sp³-hybridized carbons (Fsp3) is 0.556. The number of thioether (sulfide) groups is 1. The Morgan fingerprint density at radius 2 is 2.12 bits per heavy atom. The summed E-state index contributed by atoms with van der Waals surface area (Å²) in [6, 6.07) is 10.5. The largest absolute Gasteiger partial charge is 0.469 e. The normalized spacial score (nSPS) is 26.4. The zero-order valence-electron chi connectivity index (χ0n) is 13.9. The summed E-state index contributed by atoms with van der Waals surface area (Å²) < 4.78 is 4.98. The molecule has 1 aromatic carbocycles. The number of carbonyl (C=O) groups is 2. The molecule has 1 unspecified atom stereocenters. The number of rotatable bonds is 7. The summed E-state index contributed by atoms with van der Waals surface area (Å²) in [5.41, 5.74) is 1.16. The van der Waals surface area contributed by atoms with E-state index in [0.717, 1.165) is 37.0 Å². The van der Waals surface area contributed by atoms with Gasteiger partial charge in [-0.05, 0) is 24.8 Å². The molecule has 2 N–H and O–H groups in total. The van der Waals surface area contributed by atoms with E-state index < -0.39 is 0 Å². The zero-order valence-corrected chi connectivity index (χ0v) is 14.7. The molecule has 6 heteroatoms. The van der Waals surface area contributed by atoms with Gasteiger partial charge in [-0.25, -0.2) is 4.79 Å². The molecule has 0 saturated carbocycles. The van der Waals surface area contributed by atoms with Crippen molar-refractivity contribution in [2.75, 3.05) is 12.9 Å². The summed E-state index contributed by atoms with van der Waals surface area (Å²) in [5.74, 6) is 0.737. The van der Waals surface area contributed by atoms with Crippen LogP contribution in [0, 0.1) is 5.92 Å². The Morgan fingerprint density at radius 3 is 2.88 bits per heavy atom. The van der Waals surface area contributed by atoms with Gasteiger partial charge in [0.05, 0.1) is 25.1 Å². The van der Waals surface area contributed by atoms with Crippen LogP contribution in [0.25, 0.3) is 0 Å². The molecule has 0 aliphatic carbocycles. The fourth-order valence-electron chi connectivity index (χ4n) is 3.58. The number of esters is 1. The maximum Gasteiger partial charge on any atom is 0.315 e. The highest BCUT2D eigenvalue weighted by molar-refractivity contribution is 8.00. The molecule has 5 nitrogen and oxygen atoms in total. The molecule has 2 amide bonds. The van der Waals surface area contributed by atoms with E-state index in [-0.39, 0.29) is 30.0 Å². The van der Waals surface area contributed by atoms with E-state index in [1.807, 2.05) is 42.1 Å². The number of amides is 2. The third-order valence-corrected chi connectivity index (χ3v) is 6.35. The van der Waals surface area contributed by atoms with Crippen molar-refractivity contribution >= 4 is 23.8 Å². The van der Waals surface area contributed by atoms with Crippen molar-refractivity contribution < 1.29 is 14.3 Å². The van der Waals surface area contributed by atoms with Crippen LogP contribution in [0.3, 0.4) is 0 Å². The Balaban J connectivity index is 1.50. The predicted molar refractivity (Wildman–Crippen MR) is 95.0 cm³/mol. The summed E-state index contributed by atoms with van der Waals surface area (Å²) in [7, 11) is 1.46. The van der Waals surface area contributed by atoms with Crippen LogP contribution in [-0.4, -0.2) is 42.2 Å². The number of urea groups is 1. The first-order valence-electron chi connectivity index (χ1n) is 8.47. The first-order valence-corrected chi connectivity index (χ1v) is 9.52. The minimum Gasteiger partial charge on any atom is -0.469 e. The second-order valence-electron chi connectivity index (χ2n) is 6.46. The smallest absolute Gasteiger partial charge is 0.315 e. The van der Waals surface area contributed by atoms with Gasteiger partial charge in [0.1, 0.15) is 0 Å². The van der Waals surface area contributed by atoms with Gasteiger partial charge in [0, 0.05) is 11.0 Å². The fourth-order valence-corrected chi connectivity index (χ4v) is 5.12. The van der Waals surface area contributed by atoms with E-state index in [9.17, 15) is 9.59 Å². The van der Waals surface area contributed by atoms with Gasteiger partial charge in [0.25, 0.3) is 0 Å². The maximum absolute atomic E-state index is 12.1. The van der Waals surface area contributed by atoms with Gasteiger partial charge < -0.3 is 15.4 Å². The maximum atomic E-state index is 12.1. The van der Waals surface area contributed by atoms with Gasteiger partial charge in [-0.15, -0.1) is 0 Å². The number of hydrogen-bond donors (Lipinski definition) is 2. The van der Waals surface area contributed by atoms with Crippen LogP contribution in [-0.2, 0) is 16.0 Å². The Bertz CT molecular complexity index is 581. The number of hydrogen-bond acceptors (Lipinski definition) is 4. The molecule has 2 saturated heterocycles. The molecule has 130 valence electrons. The lowest BCUT2D eigenvalue weighted by Crippen LogP contribution is -2.36. The van der Waals surface area contributed by atoms with Gasteiger partial charge in [0.2, 0.25) is 0 Å². The summed E-state index contributed by atoms with van der Waals surface area (Å²) in [6.07, 6.45) is 3.51. The summed E-state index contributed by atoms with van der Waals surface area (Å²) in [4.78, 5) is 23.5. The Hall–Kier alpha value is -1.69. The van der Waals surface area contributed by atoms with E-state index in [2.05, 4.69) is 10.6 Å². The van der Waals surface area contributed by atoms with E-state index in [0.29, 0.717) is 5.25 Å². The van der Waals surface area contributed by atoms with Crippen LogP contribution in [0.1, 0.15) is 24.8 Å². The van der Waals surface area contributed by atoms with Gasteiger partial charge in [-0.2, -0.15) is 11.8 Å². The molecule has 4 atom stereocenters. The SMILES string of the molecule is COC(=O)C(CCC[C@@H]1SC[C@@H]2NC(=O)N[C@@H]21)Cc1ccccc1. The number of carbonyl (C=O) groups excluding carboxylic acids is 2. The minimum absolute atomic E-state index is 0.0492. The lowest BCUT2D eigenvalue weighted by Gasteiger charge is -2.19. The summed E-state index contributed by atoms with van der Waals surface area (Å²) >= 11 is 1.91. The van der Waals surface area contributed by atoms with Crippen LogP contribution in [0.2, 0.25) is 0 Å². The van der Waals surface area contributed by atoms with Gasteiger partial charge in [0.15, 0.2) is 0 Å². The molecule has 1 aromatic rings. The lowest BCUT2D eigenvalue weighted by atomic mass is 9.93. The van der Waals surface area contributed by atoms with E-state index in [1.165, 1.54) is 7.11 Å². The van der Waals surface area contributed by atoms with E-state index >= 15 is 0 Å². The monoisotopic (exact) mass is 348 g/mol. The molecule has 0 spiro atoms. The van der Waals surface area contributed by atoms with Crippen molar-refractivity contribution in [1.82, 2.24) is 10.6 Å². The van der Waals surface area contributed by atoms with Crippen molar-refractivity contribution in [1.29, 1.82) is 0 Å². The molecule has 3 rings (SSSR count). The molecule has 0 radical (unpaired) electrons. The zero-order chi connectivity index (χ0) is 16.9. The van der Waals surface area contributed by atoms with Crippen molar-refractivity contribution in [2.45, 2.75) is 43.0 Å². The second-order valence-corrected chi connectivity index (χ2v) is 7.73. The molecule has 0 bridgehead atoms. The molecule has 24 heavy (non-hydrogen) atoms.